The Balaban J connectivity index is 0.831. The molecule has 2 aliphatic carbocycles. The molecule has 80 heavy (non-hydrogen) atoms. The van der Waals surface area contributed by atoms with Crippen LogP contribution >= 0.6 is 0 Å². The molecule has 1 spiro atoms. The summed E-state index contributed by atoms with van der Waals surface area (Å²) in [6.45, 7) is 14.5. The zero-order valence-electron chi connectivity index (χ0n) is 47.6. The molecule has 424 valence electrons. The minimum atomic E-state index is -1.40. The lowest BCUT2D eigenvalue weighted by atomic mass is 9.84. The Morgan fingerprint density at radius 1 is 0.925 bits per heavy atom. The average Bonchev–Trinajstić information content (AvgIpc) is 4.42. The predicted molar refractivity (Wildman–Crippen MR) is 309 cm³/mol. The largest absolute Gasteiger partial charge is 0.593 e. The molecule has 2 aromatic heterocycles. The highest BCUT2D eigenvalue weighted by Crippen LogP contribution is 2.52. The minimum Gasteiger partial charge on any atom is -0.593 e. The molecule has 7 heterocycles. The van der Waals surface area contributed by atoms with Crippen LogP contribution in [0.2, 0.25) is 0 Å². The molecule has 4 saturated heterocycles. The number of aromatic nitrogens is 2. The summed E-state index contributed by atoms with van der Waals surface area (Å²) >= 11 is -1.40. The number of esters is 1. The van der Waals surface area contributed by atoms with E-state index in [1.807, 2.05) is 71.7 Å². The van der Waals surface area contributed by atoms with Crippen LogP contribution in [0.25, 0.3) is 33.3 Å². The Morgan fingerprint density at radius 3 is 2.46 bits per heavy atom. The molecule has 2 N–H and O–H groups in total. The second kappa shape index (κ2) is 22.3. The Hall–Kier alpha value is -5.62. The van der Waals surface area contributed by atoms with Gasteiger partial charge in [-0.25, -0.2) is 5.43 Å². The van der Waals surface area contributed by atoms with E-state index in [9.17, 15) is 14.1 Å². The number of fused-ring (bicyclic) bond motifs is 6. The first-order valence-electron chi connectivity index (χ1n) is 29.7. The molecule has 2 saturated carbocycles. The van der Waals surface area contributed by atoms with Crippen LogP contribution in [0.4, 0.5) is 0 Å². The number of hydrazine groups is 1. The average molecular weight is 1110 g/mol. The third-order valence-corrected chi connectivity index (χ3v) is 20.5. The summed E-state index contributed by atoms with van der Waals surface area (Å²) in [6, 6.07) is 24.5. The highest BCUT2D eigenvalue weighted by atomic mass is 32.2. The maximum absolute atomic E-state index is 15.4. The minimum absolute atomic E-state index is 0.0141. The van der Waals surface area contributed by atoms with E-state index in [1.165, 1.54) is 0 Å². The quantitative estimate of drug-likeness (QED) is 0.0698. The summed E-state index contributed by atoms with van der Waals surface area (Å²) in [5.41, 5.74) is 11.9. The van der Waals surface area contributed by atoms with Crippen LogP contribution in [-0.4, -0.2) is 134 Å². The van der Waals surface area contributed by atoms with Gasteiger partial charge in [-0.15, -0.1) is 4.31 Å². The van der Waals surface area contributed by atoms with Gasteiger partial charge in [0, 0.05) is 79.7 Å². The van der Waals surface area contributed by atoms with Crippen molar-refractivity contribution in [2.75, 3.05) is 46.4 Å². The molecular formula is C64H80N8O7S. The molecule has 3 amide bonds. The number of nitrogens with one attached hydrogen (secondary N) is 2. The van der Waals surface area contributed by atoms with Crippen molar-refractivity contribution in [2.24, 2.45) is 22.7 Å². The maximum atomic E-state index is 15.4. The lowest BCUT2D eigenvalue weighted by Crippen LogP contribution is -2.62. The number of pyridine rings is 1. The summed E-state index contributed by atoms with van der Waals surface area (Å²) in [4.78, 5) is 69.2. The van der Waals surface area contributed by atoms with E-state index >= 15 is 9.59 Å². The molecule has 3 aromatic carbocycles. The number of ether oxygens (including phenoxy) is 2. The van der Waals surface area contributed by atoms with Crippen molar-refractivity contribution < 1.29 is 33.2 Å². The van der Waals surface area contributed by atoms with Gasteiger partial charge in [-0.2, -0.15) is 0 Å². The summed E-state index contributed by atoms with van der Waals surface area (Å²) in [6.07, 6.45) is 11.4. The fourth-order valence-electron chi connectivity index (χ4n) is 14.4. The normalized spacial score (nSPS) is 27.5. The number of methoxy groups -OCH3 is 1. The van der Waals surface area contributed by atoms with E-state index in [1.54, 1.807) is 12.1 Å². The van der Waals surface area contributed by atoms with Crippen molar-refractivity contribution in [1.29, 1.82) is 0 Å². The second-order valence-electron chi connectivity index (χ2n) is 25.3. The van der Waals surface area contributed by atoms with Crippen LogP contribution in [0, 0.1) is 29.6 Å². The van der Waals surface area contributed by atoms with Gasteiger partial charge in [0.25, 0.3) is 5.91 Å². The van der Waals surface area contributed by atoms with Gasteiger partial charge in [0.05, 0.1) is 47.5 Å². The predicted octanol–water partition coefficient (Wildman–Crippen LogP) is 8.72. The first-order chi connectivity index (χ1) is 38.6. The van der Waals surface area contributed by atoms with E-state index in [0.29, 0.717) is 51.4 Å². The van der Waals surface area contributed by atoms with Gasteiger partial charge in [0.2, 0.25) is 11.8 Å². The molecule has 7 aliphatic rings. The van der Waals surface area contributed by atoms with Crippen LogP contribution in [0.15, 0.2) is 90.0 Å². The van der Waals surface area contributed by atoms with Crippen LogP contribution in [-0.2, 0) is 59.4 Å². The fourth-order valence-corrected chi connectivity index (χ4v) is 15.9. The van der Waals surface area contributed by atoms with Crippen LogP contribution < -0.4 is 10.7 Å². The van der Waals surface area contributed by atoms with Crippen LogP contribution in [0.3, 0.4) is 0 Å². The van der Waals surface area contributed by atoms with Crippen molar-refractivity contribution in [3.63, 3.8) is 0 Å². The number of hydrogen-bond donors (Lipinski definition) is 2. The first-order valence-corrected chi connectivity index (χ1v) is 30.8. The topological polar surface area (TPSA) is 164 Å². The second-order valence-corrected chi connectivity index (χ2v) is 26.7. The summed E-state index contributed by atoms with van der Waals surface area (Å²) in [5.74, 6) is -0.201. The maximum Gasteiger partial charge on any atom is 0.324 e. The highest BCUT2D eigenvalue weighted by molar-refractivity contribution is 7.89. The van der Waals surface area contributed by atoms with Crippen molar-refractivity contribution in [3.05, 3.63) is 107 Å². The number of amides is 3. The van der Waals surface area contributed by atoms with Gasteiger partial charge in [-0.3, -0.25) is 34.1 Å². The number of cyclic esters (lactones) is 1. The van der Waals surface area contributed by atoms with Gasteiger partial charge in [-0.05, 0) is 156 Å². The van der Waals surface area contributed by atoms with E-state index in [-0.39, 0.29) is 60.3 Å². The molecule has 16 heteroatoms. The molecule has 9 atom stereocenters. The molecule has 12 rings (SSSR count). The van der Waals surface area contributed by atoms with Crippen molar-refractivity contribution in [1.82, 2.24) is 39.4 Å². The molecule has 6 bridgehead atoms. The Kier molecular flexibility index (Phi) is 15.3. The Labute approximate surface area is 474 Å². The highest BCUT2D eigenvalue weighted by Gasteiger charge is 2.67. The first kappa shape index (κ1) is 54.9. The number of benzene rings is 3. The SMILES string of the molecule is CCn1c(-c2cccnc2[C@H](C)OC)c2c3cc(ccc31)-c1cccc(c1)C[C@H](NC(=O)[C@H](C1CCCC1)N1CC[C@]3(CCN(C(=O)[C@H]4[C@@H](C5CC5)N4[S@+]([O-])c4ccc(C)cc4)C3)C1)C(=O)N1CCC[C@H](N1)C(=O)OCC(C)(C)C2. The van der Waals surface area contributed by atoms with Gasteiger partial charge in [0.1, 0.15) is 12.1 Å². The van der Waals surface area contributed by atoms with Gasteiger partial charge in [0.15, 0.2) is 10.9 Å². The summed E-state index contributed by atoms with van der Waals surface area (Å²) in [5, 5.41) is 6.04. The summed E-state index contributed by atoms with van der Waals surface area (Å²) in [7, 11) is 1.71. The molecule has 0 radical (unpaired) electrons. The number of carbonyl (C=O) groups excluding carboxylic acids is 4. The van der Waals surface area contributed by atoms with E-state index in [0.717, 1.165) is 125 Å². The number of nitrogens with zero attached hydrogens (tertiary/aromatic N) is 6. The molecule has 5 aromatic rings. The van der Waals surface area contributed by atoms with Gasteiger partial charge < -0.3 is 28.8 Å². The third-order valence-electron chi connectivity index (χ3n) is 18.9. The third kappa shape index (κ3) is 10.7. The lowest BCUT2D eigenvalue weighted by molar-refractivity contribution is -0.155. The fraction of sp³-hybridized carbons (Fsp3) is 0.547. The lowest BCUT2D eigenvalue weighted by Gasteiger charge is -2.37. The molecular weight excluding hydrogens is 1020 g/mol. The number of carbonyl (C=O) groups is 4. The zero-order valence-corrected chi connectivity index (χ0v) is 48.4. The monoisotopic (exact) mass is 1100 g/mol. The molecule has 6 fully saturated rings. The van der Waals surface area contributed by atoms with Crippen molar-refractivity contribution >= 4 is 46.0 Å². The molecule has 1 unspecified atom stereocenters. The van der Waals surface area contributed by atoms with Gasteiger partial charge in [-0.1, -0.05) is 74.7 Å². The van der Waals surface area contributed by atoms with E-state index in [4.69, 9.17) is 14.5 Å². The number of aryl methyl sites for hydroxylation is 2. The summed E-state index contributed by atoms with van der Waals surface area (Å²) < 4.78 is 30.4. The number of hydrogen-bond acceptors (Lipinski definition) is 11. The van der Waals surface area contributed by atoms with Gasteiger partial charge >= 0.3 is 5.97 Å². The smallest absolute Gasteiger partial charge is 0.324 e. The number of rotatable bonds is 12. The Morgan fingerprint density at radius 2 is 1.70 bits per heavy atom. The number of likely N-dealkylation sites (tertiary alicyclic amines) is 2. The van der Waals surface area contributed by atoms with E-state index in [2.05, 4.69) is 77.4 Å². The van der Waals surface area contributed by atoms with Crippen LogP contribution in [0.5, 0.6) is 0 Å². The molecule has 15 nitrogen and oxygen atoms in total. The Bertz CT molecular complexity index is 3150. The zero-order chi connectivity index (χ0) is 55.6. The molecule has 5 aliphatic heterocycles. The van der Waals surface area contributed by atoms with Crippen molar-refractivity contribution in [2.45, 2.75) is 159 Å². The van der Waals surface area contributed by atoms with E-state index < -0.39 is 40.9 Å². The standard InChI is InChI=1S/C64H80N8O7S/c1-7-70-53-26-23-46-35-49(53)50(57(70)48-17-11-29-65-54(48)41(3)78-6)36-63(4,5)39-79-62(76)51-18-12-30-71(67-51)60(74)52(34-42-13-10-16-45(46)33-42)66-59(73)56(43-14-8-9-15-43)68-31-27-64(37-68)28-32-69(38-64)61(75)58-55(44-21-22-44)72(58)80(77)47-24-19-40(2)20-25-47/h10-11,13,16-17,19-20,23-26,29,33,35,41,43-44,51-52,55-56,58,67H,7-9,12,14-15,18,21-22,27-28,30-32,34,36-39H2,1-6H3,(H,66,73)/t41-,51-,52-,55+,56-,58+,64-,72?,80+/m0/s1. The van der Waals surface area contributed by atoms with Crippen LogP contribution in [0.1, 0.15) is 120 Å². The van der Waals surface area contributed by atoms with Crippen molar-refractivity contribution in [3.8, 4) is 22.4 Å².